The third-order valence-electron chi connectivity index (χ3n) is 7.01. The number of nitrogens with one attached hydrogen (secondary N) is 2. The summed E-state index contributed by atoms with van der Waals surface area (Å²) in [7, 11) is -1.45. The van der Waals surface area contributed by atoms with E-state index in [4.69, 9.17) is 9.88 Å². The van der Waals surface area contributed by atoms with E-state index in [-0.39, 0.29) is 29.1 Å². The molecule has 2 N–H and O–H groups in total. The standard InChI is InChI=1S/C24H29FN3O2S/c1-31(26)13-11-27-20-14-21(30-15-22(20)31)24(29)28-12-10-16-4-2-3-5-19(16)23(28)17-6-8-18(25)9-7-17/h2-9,20-23,26-27H,10-15H2,1H3/q-1/t20?,21-,22?,23+/m1/s1. The average Bonchev–Trinajstić information content (AvgIpc) is 2.78. The Hall–Kier alpha value is -1.93. The molecule has 7 heteroatoms. The van der Waals surface area contributed by atoms with Gasteiger partial charge in [-0.15, -0.1) is 0 Å². The van der Waals surface area contributed by atoms with Crippen LogP contribution >= 0.6 is 10.2 Å². The minimum absolute atomic E-state index is 0.00339. The molecule has 2 saturated heterocycles. The van der Waals surface area contributed by atoms with Crippen LogP contribution < -0.4 is 5.32 Å². The maximum atomic E-state index is 13.7. The van der Waals surface area contributed by atoms with Gasteiger partial charge in [-0.3, -0.25) is 4.79 Å². The van der Waals surface area contributed by atoms with E-state index in [1.807, 2.05) is 17.0 Å². The number of ether oxygens (including phenoxy) is 1. The number of carbonyl (C=O) groups is 1. The first-order valence-electron chi connectivity index (χ1n) is 10.9. The average molecular weight is 443 g/mol. The van der Waals surface area contributed by atoms with Gasteiger partial charge in [0.2, 0.25) is 0 Å². The van der Waals surface area contributed by atoms with Crippen LogP contribution in [0.2, 0.25) is 0 Å². The summed E-state index contributed by atoms with van der Waals surface area (Å²) in [6.45, 7) is 1.92. The molecule has 0 saturated carbocycles. The van der Waals surface area contributed by atoms with Gasteiger partial charge in [0.1, 0.15) is 11.9 Å². The van der Waals surface area contributed by atoms with Crippen LogP contribution in [0.25, 0.3) is 5.14 Å². The number of halogens is 1. The number of nitrogens with zero attached hydrogens (tertiary/aromatic N) is 1. The molecule has 0 bridgehead atoms. The molecule has 2 aromatic carbocycles. The van der Waals surface area contributed by atoms with Crippen LogP contribution in [-0.4, -0.2) is 59.9 Å². The Bertz CT molecular complexity index is 968. The minimum Gasteiger partial charge on any atom is -0.634 e. The zero-order valence-corrected chi connectivity index (χ0v) is 18.5. The molecule has 3 aliphatic rings. The zero-order valence-electron chi connectivity index (χ0n) is 17.7. The number of fused-ring (bicyclic) bond motifs is 2. The third kappa shape index (κ3) is 3.89. The molecule has 5 nitrogen and oxygen atoms in total. The summed E-state index contributed by atoms with van der Waals surface area (Å²) < 4.78 is 19.7. The van der Waals surface area contributed by atoms with Crippen molar-refractivity contribution in [3.8, 4) is 0 Å². The number of hydrogen-bond donors (Lipinski definition) is 1. The van der Waals surface area contributed by atoms with Gasteiger partial charge in [0, 0.05) is 24.4 Å². The maximum absolute atomic E-state index is 13.7. The van der Waals surface area contributed by atoms with Gasteiger partial charge in [-0.2, -0.15) is 0 Å². The maximum Gasteiger partial charge on any atom is 0.252 e. The minimum atomic E-state index is -1.45. The monoisotopic (exact) mass is 442 g/mol. The molecule has 3 heterocycles. The molecule has 5 rings (SSSR count). The molecule has 0 spiro atoms. The van der Waals surface area contributed by atoms with E-state index < -0.39 is 16.3 Å². The normalized spacial score (nSPS) is 34.9. The highest BCUT2D eigenvalue weighted by atomic mass is 32.3. The number of benzene rings is 2. The van der Waals surface area contributed by atoms with Crippen molar-refractivity contribution in [2.75, 3.05) is 31.7 Å². The first kappa shape index (κ1) is 20.9. The Morgan fingerprint density at radius 2 is 2.00 bits per heavy atom. The summed E-state index contributed by atoms with van der Waals surface area (Å²) in [6.07, 6.45) is 2.96. The predicted molar refractivity (Wildman–Crippen MR) is 123 cm³/mol. The first-order chi connectivity index (χ1) is 14.9. The molecular formula is C24H29FN3O2S-. The molecule has 0 aliphatic carbocycles. The van der Waals surface area contributed by atoms with Gasteiger partial charge in [-0.25, -0.2) is 4.39 Å². The van der Waals surface area contributed by atoms with E-state index in [1.54, 1.807) is 12.1 Å². The molecule has 1 amide bonds. The van der Waals surface area contributed by atoms with E-state index in [1.165, 1.54) is 17.7 Å². The number of rotatable bonds is 2. The second-order valence-corrected chi connectivity index (χ2v) is 12.3. The molecule has 31 heavy (non-hydrogen) atoms. The van der Waals surface area contributed by atoms with E-state index in [9.17, 15) is 9.18 Å². The van der Waals surface area contributed by atoms with Crippen molar-refractivity contribution in [1.82, 2.24) is 10.2 Å². The Labute approximate surface area is 184 Å². The second-order valence-electron chi connectivity index (χ2n) is 8.95. The number of amides is 1. The fourth-order valence-electron chi connectivity index (χ4n) is 5.28. The lowest BCUT2D eigenvalue weighted by Crippen LogP contribution is -2.58. The van der Waals surface area contributed by atoms with Gasteiger partial charge >= 0.3 is 0 Å². The van der Waals surface area contributed by atoms with Crippen molar-refractivity contribution in [1.29, 1.82) is 0 Å². The van der Waals surface area contributed by atoms with Gasteiger partial charge in [0.25, 0.3) is 5.91 Å². The van der Waals surface area contributed by atoms with E-state index in [0.29, 0.717) is 19.6 Å². The van der Waals surface area contributed by atoms with Crippen LogP contribution in [0.15, 0.2) is 48.5 Å². The lowest BCUT2D eigenvalue weighted by molar-refractivity contribution is -0.149. The van der Waals surface area contributed by atoms with E-state index in [2.05, 4.69) is 23.7 Å². The molecule has 2 fully saturated rings. The molecule has 5 atom stereocenters. The molecule has 0 aromatic heterocycles. The highest BCUT2D eigenvalue weighted by molar-refractivity contribution is 8.35. The topological polar surface area (TPSA) is 65.4 Å². The Morgan fingerprint density at radius 1 is 1.23 bits per heavy atom. The first-order valence-corrected chi connectivity index (χ1v) is 13.2. The van der Waals surface area contributed by atoms with Crippen LogP contribution in [0.4, 0.5) is 4.39 Å². The van der Waals surface area contributed by atoms with E-state index >= 15 is 0 Å². The van der Waals surface area contributed by atoms with Crippen molar-refractivity contribution in [3.05, 3.63) is 76.2 Å². The van der Waals surface area contributed by atoms with Gasteiger partial charge in [-0.1, -0.05) is 42.7 Å². The summed E-state index contributed by atoms with van der Waals surface area (Å²) in [5.74, 6) is 0.596. The largest absolute Gasteiger partial charge is 0.634 e. The van der Waals surface area contributed by atoms with E-state index in [0.717, 1.165) is 29.8 Å². The van der Waals surface area contributed by atoms with Crippen molar-refractivity contribution >= 4 is 16.1 Å². The summed E-state index contributed by atoms with van der Waals surface area (Å²) in [5, 5.41) is 12.4. The van der Waals surface area contributed by atoms with Crippen molar-refractivity contribution < 1.29 is 13.9 Å². The summed E-state index contributed by atoms with van der Waals surface area (Å²) >= 11 is 0. The van der Waals surface area contributed by atoms with Crippen molar-refractivity contribution in [2.45, 2.75) is 36.3 Å². The van der Waals surface area contributed by atoms with Gasteiger partial charge in [0.05, 0.1) is 12.6 Å². The Kier molecular flexibility index (Phi) is 5.54. The predicted octanol–water partition coefficient (Wildman–Crippen LogP) is 3.83. The summed E-state index contributed by atoms with van der Waals surface area (Å²) in [5.41, 5.74) is 3.24. The highest BCUT2D eigenvalue weighted by Crippen LogP contribution is 2.54. The van der Waals surface area contributed by atoms with Crippen LogP contribution in [0.3, 0.4) is 0 Å². The van der Waals surface area contributed by atoms with Crippen LogP contribution in [0.1, 0.15) is 29.2 Å². The fourth-order valence-corrected chi connectivity index (χ4v) is 7.43. The van der Waals surface area contributed by atoms with Gasteiger partial charge < -0.3 is 30.3 Å². The molecule has 166 valence electrons. The molecule has 3 aliphatic heterocycles. The molecular weight excluding hydrogens is 413 g/mol. The lowest BCUT2D eigenvalue weighted by Gasteiger charge is -2.58. The third-order valence-corrected chi connectivity index (χ3v) is 9.86. The van der Waals surface area contributed by atoms with Gasteiger partial charge in [-0.05, 0) is 47.4 Å². The fraction of sp³-hybridized carbons (Fsp3) is 0.458. The quantitative estimate of drug-likeness (QED) is 0.769. The van der Waals surface area contributed by atoms with Crippen LogP contribution in [0, 0.1) is 5.82 Å². The van der Waals surface area contributed by atoms with Gasteiger partial charge in [0.15, 0.2) is 0 Å². The Balaban J connectivity index is 1.43. The molecule has 3 unspecified atom stereocenters. The summed E-state index contributed by atoms with van der Waals surface area (Å²) in [4.78, 5) is 15.6. The van der Waals surface area contributed by atoms with Crippen LogP contribution in [-0.2, 0) is 16.0 Å². The number of carbonyl (C=O) groups excluding carboxylic acids is 1. The summed E-state index contributed by atoms with van der Waals surface area (Å²) in [6, 6.07) is 14.6. The SMILES string of the molecule is CS1([NH-])CCNC2C[C@H](C(=O)N3CCc4ccccc4[C@@H]3c3ccc(F)cc3)OCC21. The lowest BCUT2D eigenvalue weighted by atomic mass is 9.87. The zero-order chi connectivity index (χ0) is 21.6. The Morgan fingerprint density at radius 3 is 2.81 bits per heavy atom. The van der Waals surface area contributed by atoms with Crippen LogP contribution in [0.5, 0.6) is 0 Å². The highest BCUT2D eigenvalue weighted by Gasteiger charge is 2.43. The smallest absolute Gasteiger partial charge is 0.252 e. The molecule has 2 aromatic rings. The van der Waals surface area contributed by atoms with Crippen molar-refractivity contribution in [3.63, 3.8) is 0 Å². The molecule has 0 radical (unpaired) electrons. The van der Waals surface area contributed by atoms with Crippen molar-refractivity contribution in [2.24, 2.45) is 0 Å². The number of hydrogen-bond acceptors (Lipinski definition) is 3. The second kappa shape index (κ2) is 8.20.